The van der Waals surface area contributed by atoms with Crippen molar-refractivity contribution >= 4 is 27.6 Å². The van der Waals surface area contributed by atoms with E-state index in [4.69, 9.17) is 4.74 Å². The Morgan fingerprint density at radius 1 is 1.26 bits per heavy atom. The first-order chi connectivity index (χ1) is 9.20. The van der Waals surface area contributed by atoms with Crippen LogP contribution in [0.15, 0.2) is 47.1 Å². The minimum absolute atomic E-state index is 0.356. The van der Waals surface area contributed by atoms with Gasteiger partial charge in [0.05, 0.1) is 24.9 Å². The molecule has 98 valence electrons. The normalized spacial score (nSPS) is 10.0. The standard InChI is InChI=1S/C14H13BrN2O2/c1-19-14(18)11-6-2-3-7-12(11)16-9-10-5-4-8-13(15)17-10/h2-8,16H,9H2,1H3. The Bertz CT molecular complexity index is 587. The summed E-state index contributed by atoms with van der Waals surface area (Å²) in [6, 6.07) is 12.9. The van der Waals surface area contributed by atoms with Crippen LogP contribution < -0.4 is 5.32 Å². The largest absolute Gasteiger partial charge is 0.465 e. The zero-order valence-corrected chi connectivity index (χ0v) is 12.0. The number of nitrogens with zero attached hydrogens (tertiary/aromatic N) is 1. The van der Waals surface area contributed by atoms with E-state index in [0.717, 1.165) is 16.0 Å². The number of esters is 1. The number of halogens is 1. The number of hydrogen-bond acceptors (Lipinski definition) is 4. The van der Waals surface area contributed by atoms with Crippen molar-refractivity contribution in [3.05, 3.63) is 58.3 Å². The van der Waals surface area contributed by atoms with Gasteiger partial charge in [-0.15, -0.1) is 0 Å². The molecule has 0 aliphatic heterocycles. The molecule has 0 aliphatic carbocycles. The topological polar surface area (TPSA) is 51.2 Å². The number of methoxy groups -OCH3 is 1. The molecule has 19 heavy (non-hydrogen) atoms. The molecule has 0 saturated heterocycles. The minimum Gasteiger partial charge on any atom is -0.465 e. The first-order valence-electron chi connectivity index (χ1n) is 5.73. The van der Waals surface area contributed by atoms with Crippen LogP contribution in [0.1, 0.15) is 16.1 Å². The van der Waals surface area contributed by atoms with Gasteiger partial charge in [0, 0.05) is 5.69 Å². The Kier molecular flexibility index (Phi) is 4.52. The third-order valence-corrected chi connectivity index (χ3v) is 3.01. The molecule has 0 unspecified atom stereocenters. The SMILES string of the molecule is COC(=O)c1ccccc1NCc1cccc(Br)n1. The molecule has 0 atom stereocenters. The van der Waals surface area contributed by atoms with E-state index in [1.54, 1.807) is 12.1 Å². The number of nitrogens with one attached hydrogen (secondary N) is 1. The zero-order chi connectivity index (χ0) is 13.7. The van der Waals surface area contributed by atoms with Gasteiger partial charge in [-0.2, -0.15) is 0 Å². The lowest BCUT2D eigenvalue weighted by Crippen LogP contribution is -2.08. The fraction of sp³-hybridized carbons (Fsp3) is 0.143. The number of pyridine rings is 1. The van der Waals surface area contributed by atoms with Crippen molar-refractivity contribution in [3.63, 3.8) is 0 Å². The van der Waals surface area contributed by atoms with E-state index in [0.29, 0.717) is 12.1 Å². The highest BCUT2D eigenvalue weighted by molar-refractivity contribution is 9.10. The predicted octanol–water partition coefficient (Wildman–Crippen LogP) is 3.24. The first-order valence-corrected chi connectivity index (χ1v) is 6.52. The van der Waals surface area contributed by atoms with Gasteiger partial charge in [0.15, 0.2) is 0 Å². The van der Waals surface area contributed by atoms with Crippen molar-refractivity contribution in [2.24, 2.45) is 0 Å². The first kappa shape index (κ1) is 13.5. The van der Waals surface area contributed by atoms with Crippen LogP contribution in [-0.2, 0) is 11.3 Å². The van der Waals surface area contributed by atoms with E-state index in [1.807, 2.05) is 30.3 Å². The van der Waals surface area contributed by atoms with Crippen LogP contribution in [0.25, 0.3) is 0 Å². The molecule has 2 rings (SSSR count). The van der Waals surface area contributed by atoms with Crippen molar-refractivity contribution < 1.29 is 9.53 Å². The van der Waals surface area contributed by atoms with Crippen LogP contribution in [-0.4, -0.2) is 18.1 Å². The number of benzene rings is 1. The van der Waals surface area contributed by atoms with Crippen molar-refractivity contribution in [1.82, 2.24) is 4.98 Å². The third kappa shape index (κ3) is 3.54. The second kappa shape index (κ2) is 6.33. The Labute approximate surface area is 119 Å². The summed E-state index contributed by atoms with van der Waals surface area (Å²) < 4.78 is 5.53. The van der Waals surface area contributed by atoms with E-state index < -0.39 is 0 Å². The molecule has 0 fully saturated rings. The summed E-state index contributed by atoms with van der Waals surface area (Å²) in [6.45, 7) is 0.535. The number of anilines is 1. The second-order valence-corrected chi connectivity index (χ2v) is 4.65. The van der Waals surface area contributed by atoms with E-state index in [1.165, 1.54) is 7.11 Å². The van der Waals surface area contributed by atoms with Crippen molar-refractivity contribution in [2.45, 2.75) is 6.54 Å². The fourth-order valence-electron chi connectivity index (χ4n) is 1.66. The molecule has 0 bridgehead atoms. The molecule has 2 aromatic rings. The highest BCUT2D eigenvalue weighted by atomic mass is 79.9. The number of carbonyl (C=O) groups is 1. The molecule has 1 N–H and O–H groups in total. The lowest BCUT2D eigenvalue weighted by molar-refractivity contribution is 0.0602. The number of hydrogen-bond donors (Lipinski definition) is 1. The average molecular weight is 321 g/mol. The summed E-state index contributed by atoms with van der Waals surface area (Å²) in [4.78, 5) is 15.9. The zero-order valence-electron chi connectivity index (χ0n) is 10.4. The van der Waals surface area contributed by atoms with Gasteiger partial charge in [0.25, 0.3) is 0 Å². The Hall–Kier alpha value is -1.88. The lowest BCUT2D eigenvalue weighted by Gasteiger charge is -2.10. The average Bonchev–Trinajstić information content (AvgIpc) is 2.45. The van der Waals surface area contributed by atoms with Crippen LogP contribution >= 0.6 is 15.9 Å². The summed E-state index contributed by atoms with van der Waals surface area (Å²) in [5, 5.41) is 3.19. The van der Waals surface area contributed by atoms with E-state index in [-0.39, 0.29) is 5.97 Å². The number of ether oxygens (including phenoxy) is 1. The van der Waals surface area contributed by atoms with Crippen LogP contribution in [0, 0.1) is 0 Å². The van der Waals surface area contributed by atoms with Crippen LogP contribution in [0.4, 0.5) is 5.69 Å². The summed E-state index contributed by atoms with van der Waals surface area (Å²) in [5.74, 6) is -0.356. The fourth-order valence-corrected chi connectivity index (χ4v) is 2.04. The molecule has 0 radical (unpaired) electrons. The van der Waals surface area contributed by atoms with Crippen molar-refractivity contribution in [3.8, 4) is 0 Å². The molecule has 1 aromatic carbocycles. The van der Waals surface area contributed by atoms with Crippen LogP contribution in [0.2, 0.25) is 0 Å². The molecular formula is C14H13BrN2O2. The molecule has 0 amide bonds. The second-order valence-electron chi connectivity index (χ2n) is 3.84. The highest BCUT2D eigenvalue weighted by Gasteiger charge is 2.10. The summed E-state index contributed by atoms with van der Waals surface area (Å²) in [7, 11) is 1.37. The molecule has 0 aliphatic rings. The maximum Gasteiger partial charge on any atom is 0.339 e. The van der Waals surface area contributed by atoms with Gasteiger partial charge in [-0.3, -0.25) is 0 Å². The van der Waals surface area contributed by atoms with Crippen molar-refractivity contribution in [2.75, 3.05) is 12.4 Å². The van der Waals surface area contributed by atoms with Gasteiger partial charge >= 0.3 is 5.97 Å². The van der Waals surface area contributed by atoms with Gasteiger partial charge in [0.1, 0.15) is 4.60 Å². The Morgan fingerprint density at radius 3 is 2.79 bits per heavy atom. The smallest absolute Gasteiger partial charge is 0.339 e. The summed E-state index contributed by atoms with van der Waals surface area (Å²) in [5.41, 5.74) is 2.13. The number of para-hydroxylation sites is 1. The maximum absolute atomic E-state index is 11.6. The van der Waals surface area contributed by atoms with Crippen LogP contribution in [0.5, 0.6) is 0 Å². The Balaban J connectivity index is 2.13. The predicted molar refractivity (Wildman–Crippen MR) is 77.0 cm³/mol. The molecule has 1 aromatic heterocycles. The molecule has 5 heteroatoms. The van der Waals surface area contributed by atoms with E-state index in [9.17, 15) is 4.79 Å². The number of rotatable bonds is 4. The van der Waals surface area contributed by atoms with Crippen LogP contribution in [0.3, 0.4) is 0 Å². The monoisotopic (exact) mass is 320 g/mol. The molecule has 0 spiro atoms. The third-order valence-electron chi connectivity index (χ3n) is 2.57. The molecular weight excluding hydrogens is 308 g/mol. The minimum atomic E-state index is -0.356. The molecule has 0 saturated carbocycles. The number of carbonyl (C=O) groups excluding carboxylic acids is 1. The maximum atomic E-state index is 11.6. The van der Waals surface area contributed by atoms with E-state index in [2.05, 4.69) is 26.2 Å². The summed E-state index contributed by atoms with van der Waals surface area (Å²) >= 11 is 3.32. The molecule has 4 nitrogen and oxygen atoms in total. The quantitative estimate of drug-likeness (QED) is 0.694. The lowest BCUT2D eigenvalue weighted by atomic mass is 10.2. The van der Waals surface area contributed by atoms with Gasteiger partial charge in [-0.05, 0) is 40.2 Å². The summed E-state index contributed by atoms with van der Waals surface area (Å²) in [6.07, 6.45) is 0. The highest BCUT2D eigenvalue weighted by Crippen LogP contribution is 2.17. The van der Waals surface area contributed by atoms with Gasteiger partial charge in [-0.25, -0.2) is 9.78 Å². The van der Waals surface area contributed by atoms with Gasteiger partial charge < -0.3 is 10.1 Å². The van der Waals surface area contributed by atoms with Gasteiger partial charge in [0.2, 0.25) is 0 Å². The number of aromatic nitrogens is 1. The van der Waals surface area contributed by atoms with E-state index >= 15 is 0 Å². The van der Waals surface area contributed by atoms with Gasteiger partial charge in [-0.1, -0.05) is 18.2 Å². The Morgan fingerprint density at radius 2 is 2.05 bits per heavy atom. The van der Waals surface area contributed by atoms with Crippen molar-refractivity contribution in [1.29, 1.82) is 0 Å². The molecule has 1 heterocycles.